The van der Waals surface area contributed by atoms with E-state index in [-0.39, 0.29) is 30.6 Å². The lowest BCUT2D eigenvalue weighted by Gasteiger charge is -2.47. The van der Waals surface area contributed by atoms with Crippen molar-refractivity contribution in [2.75, 3.05) is 27.0 Å². The average molecular weight is 422 g/mol. The summed E-state index contributed by atoms with van der Waals surface area (Å²) < 4.78 is 16.2. The lowest BCUT2D eigenvalue weighted by Crippen LogP contribution is -2.56. The molecule has 0 aromatic heterocycles. The van der Waals surface area contributed by atoms with Gasteiger partial charge in [-0.1, -0.05) is 18.2 Å². The van der Waals surface area contributed by atoms with Crippen molar-refractivity contribution in [1.29, 1.82) is 0 Å². The number of piperidine rings is 2. The van der Waals surface area contributed by atoms with Crippen LogP contribution in [0.2, 0.25) is 0 Å². The zero-order chi connectivity index (χ0) is 21.4. The highest BCUT2D eigenvalue weighted by Gasteiger charge is 2.40. The van der Waals surface area contributed by atoms with Crippen molar-refractivity contribution in [3.63, 3.8) is 0 Å². The van der Waals surface area contributed by atoms with Crippen LogP contribution >= 0.6 is 0 Å². The predicted molar refractivity (Wildman–Crippen MR) is 113 cm³/mol. The van der Waals surface area contributed by atoms with Gasteiger partial charge in [0, 0.05) is 32.1 Å². The number of carbonyl (C=O) groups is 2. The van der Waals surface area contributed by atoms with Gasteiger partial charge in [0.25, 0.3) is 5.91 Å². The number of hydrogen-bond acceptors (Lipinski definition) is 5. The van der Waals surface area contributed by atoms with Gasteiger partial charge in [-0.05, 0) is 48.6 Å². The normalized spacial score (nSPS) is 22.3. The van der Waals surface area contributed by atoms with Gasteiger partial charge in [0.2, 0.25) is 12.7 Å². The Morgan fingerprint density at radius 3 is 2.84 bits per heavy atom. The van der Waals surface area contributed by atoms with Gasteiger partial charge in [0.05, 0.1) is 12.7 Å². The van der Waals surface area contributed by atoms with Crippen molar-refractivity contribution in [1.82, 2.24) is 9.80 Å². The van der Waals surface area contributed by atoms with Gasteiger partial charge in [-0.25, -0.2) is 0 Å². The minimum Gasteiger partial charge on any atom is -0.496 e. The number of benzene rings is 2. The second-order valence-corrected chi connectivity index (χ2v) is 8.32. The fourth-order valence-corrected chi connectivity index (χ4v) is 4.97. The van der Waals surface area contributed by atoms with E-state index in [4.69, 9.17) is 14.2 Å². The summed E-state index contributed by atoms with van der Waals surface area (Å²) in [6, 6.07) is 13.3. The molecule has 2 aromatic carbocycles. The zero-order valence-electron chi connectivity index (χ0n) is 17.6. The molecular weight excluding hydrogens is 396 g/mol. The molecule has 0 unspecified atom stereocenters. The minimum absolute atomic E-state index is 0.00452. The summed E-state index contributed by atoms with van der Waals surface area (Å²) in [5.41, 5.74) is 1.62. The van der Waals surface area contributed by atoms with Gasteiger partial charge >= 0.3 is 0 Å². The first-order valence-electron chi connectivity index (χ1n) is 10.7. The SMILES string of the molecule is COc1ccccc1C(=O)N1CC[C@H]2[C@H](CCC(=O)N2Cc2ccc3c(c2)OCO3)C1. The van der Waals surface area contributed by atoms with Crippen molar-refractivity contribution in [2.45, 2.75) is 31.8 Å². The Morgan fingerprint density at radius 2 is 1.97 bits per heavy atom. The van der Waals surface area contributed by atoms with Crippen molar-refractivity contribution < 1.29 is 23.8 Å². The molecule has 0 spiro atoms. The topological polar surface area (TPSA) is 68.3 Å². The Balaban J connectivity index is 1.30. The van der Waals surface area contributed by atoms with E-state index in [1.807, 2.05) is 52.3 Å². The third kappa shape index (κ3) is 3.69. The van der Waals surface area contributed by atoms with Crippen LogP contribution in [-0.2, 0) is 11.3 Å². The summed E-state index contributed by atoms with van der Waals surface area (Å²) in [6.45, 7) is 2.08. The third-order valence-corrected chi connectivity index (χ3v) is 6.56. The molecule has 3 aliphatic heterocycles. The van der Waals surface area contributed by atoms with Crippen LogP contribution in [0.3, 0.4) is 0 Å². The van der Waals surface area contributed by atoms with Gasteiger partial charge in [0.1, 0.15) is 5.75 Å². The maximum Gasteiger partial charge on any atom is 0.257 e. The summed E-state index contributed by atoms with van der Waals surface area (Å²) in [4.78, 5) is 29.8. The number of carbonyl (C=O) groups excluding carboxylic acids is 2. The number of likely N-dealkylation sites (tertiary alicyclic amines) is 2. The highest BCUT2D eigenvalue weighted by Crippen LogP contribution is 2.36. The van der Waals surface area contributed by atoms with Crippen LogP contribution in [-0.4, -0.2) is 54.6 Å². The van der Waals surface area contributed by atoms with E-state index in [1.54, 1.807) is 7.11 Å². The molecule has 0 saturated carbocycles. The Morgan fingerprint density at radius 1 is 1.13 bits per heavy atom. The van der Waals surface area contributed by atoms with Crippen molar-refractivity contribution in [2.24, 2.45) is 5.92 Å². The number of methoxy groups -OCH3 is 1. The van der Waals surface area contributed by atoms with Crippen LogP contribution < -0.4 is 14.2 Å². The van der Waals surface area contributed by atoms with Crippen LogP contribution in [0.1, 0.15) is 35.2 Å². The standard InChI is InChI=1S/C24H26N2O5/c1-29-20-5-3-2-4-18(20)24(28)25-11-10-19-17(14-25)7-9-23(27)26(19)13-16-6-8-21-22(12-16)31-15-30-21/h2-6,8,12,17,19H,7,9-11,13-15H2,1H3/t17-,19+/m1/s1. The lowest BCUT2D eigenvalue weighted by atomic mass is 9.83. The van der Waals surface area contributed by atoms with E-state index in [0.717, 1.165) is 29.9 Å². The molecule has 2 fully saturated rings. The largest absolute Gasteiger partial charge is 0.496 e. The molecule has 2 aromatic rings. The van der Waals surface area contributed by atoms with Crippen LogP contribution in [0.25, 0.3) is 0 Å². The summed E-state index contributed by atoms with van der Waals surface area (Å²) in [5.74, 6) is 2.53. The lowest BCUT2D eigenvalue weighted by molar-refractivity contribution is -0.141. The number of para-hydroxylation sites is 1. The molecule has 162 valence electrons. The Kier molecular flexibility index (Phi) is 5.18. The smallest absolute Gasteiger partial charge is 0.257 e. The van der Waals surface area contributed by atoms with E-state index >= 15 is 0 Å². The molecule has 3 heterocycles. The number of ether oxygens (including phenoxy) is 3. The maximum absolute atomic E-state index is 13.1. The van der Waals surface area contributed by atoms with E-state index < -0.39 is 0 Å². The van der Waals surface area contributed by atoms with Crippen molar-refractivity contribution >= 4 is 11.8 Å². The summed E-state index contributed by atoms with van der Waals surface area (Å²) in [7, 11) is 1.58. The molecule has 7 heteroatoms. The summed E-state index contributed by atoms with van der Waals surface area (Å²) in [6.07, 6.45) is 2.11. The number of hydrogen-bond donors (Lipinski definition) is 0. The predicted octanol–water partition coefficient (Wildman–Crippen LogP) is 3.08. The fraction of sp³-hybridized carbons (Fsp3) is 0.417. The van der Waals surface area contributed by atoms with Crippen molar-refractivity contribution in [3.8, 4) is 17.2 Å². The Labute approximate surface area is 181 Å². The van der Waals surface area contributed by atoms with Crippen LogP contribution in [0, 0.1) is 5.92 Å². The molecule has 7 nitrogen and oxygen atoms in total. The molecule has 0 radical (unpaired) electrons. The molecule has 5 rings (SSSR count). The number of nitrogens with zero attached hydrogens (tertiary/aromatic N) is 2. The van der Waals surface area contributed by atoms with E-state index in [0.29, 0.717) is 37.4 Å². The maximum atomic E-state index is 13.1. The first-order chi connectivity index (χ1) is 15.1. The van der Waals surface area contributed by atoms with E-state index in [9.17, 15) is 9.59 Å². The summed E-state index contributed by atoms with van der Waals surface area (Å²) >= 11 is 0. The molecule has 0 aliphatic carbocycles. The highest BCUT2D eigenvalue weighted by atomic mass is 16.7. The Bertz CT molecular complexity index is 1010. The molecule has 0 N–H and O–H groups in total. The zero-order valence-corrected chi connectivity index (χ0v) is 17.6. The first-order valence-corrected chi connectivity index (χ1v) is 10.7. The summed E-state index contributed by atoms with van der Waals surface area (Å²) in [5, 5.41) is 0. The van der Waals surface area contributed by atoms with Crippen LogP contribution in [0.5, 0.6) is 17.2 Å². The molecule has 2 amide bonds. The minimum atomic E-state index is -0.00452. The van der Waals surface area contributed by atoms with Gasteiger partial charge in [0.15, 0.2) is 11.5 Å². The number of rotatable bonds is 4. The monoisotopic (exact) mass is 422 g/mol. The molecule has 2 saturated heterocycles. The molecular formula is C24H26N2O5. The van der Waals surface area contributed by atoms with Crippen LogP contribution in [0.15, 0.2) is 42.5 Å². The average Bonchev–Trinajstić information content (AvgIpc) is 3.28. The van der Waals surface area contributed by atoms with Gasteiger partial charge in [-0.3, -0.25) is 9.59 Å². The first kappa shape index (κ1) is 19.7. The second-order valence-electron chi connectivity index (χ2n) is 8.32. The molecule has 31 heavy (non-hydrogen) atoms. The fourth-order valence-electron chi connectivity index (χ4n) is 4.97. The van der Waals surface area contributed by atoms with Crippen LogP contribution in [0.4, 0.5) is 0 Å². The van der Waals surface area contributed by atoms with Gasteiger partial charge < -0.3 is 24.0 Å². The number of amides is 2. The number of fused-ring (bicyclic) bond motifs is 2. The third-order valence-electron chi connectivity index (χ3n) is 6.56. The van der Waals surface area contributed by atoms with Crippen molar-refractivity contribution in [3.05, 3.63) is 53.6 Å². The molecule has 0 bridgehead atoms. The highest BCUT2D eigenvalue weighted by molar-refractivity contribution is 5.97. The Hall–Kier alpha value is -3.22. The molecule has 2 atom stereocenters. The van der Waals surface area contributed by atoms with Gasteiger partial charge in [-0.15, -0.1) is 0 Å². The van der Waals surface area contributed by atoms with Gasteiger partial charge in [-0.2, -0.15) is 0 Å². The van der Waals surface area contributed by atoms with E-state index in [2.05, 4.69) is 0 Å². The quantitative estimate of drug-likeness (QED) is 0.758. The molecule has 3 aliphatic rings. The second kappa shape index (κ2) is 8.13. The van der Waals surface area contributed by atoms with E-state index in [1.165, 1.54) is 0 Å².